The molecule has 1 aliphatic heterocycles. The maximum absolute atomic E-state index is 12.0. The highest BCUT2D eigenvalue weighted by Crippen LogP contribution is 2.17. The summed E-state index contributed by atoms with van der Waals surface area (Å²) in [6, 6.07) is 5.37. The van der Waals surface area contributed by atoms with Crippen LogP contribution in [0.4, 0.5) is 16.2 Å². The highest BCUT2D eigenvalue weighted by Gasteiger charge is 2.25. The summed E-state index contributed by atoms with van der Waals surface area (Å²) in [5, 5.41) is 16.2. The van der Waals surface area contributed by atoms with Crippen LogP contribution < -0.4 is 10.6 Å². The molecule has 24 heavy (non-hydrogen) atoms. The van der Waals surface area contributed by atoms with E-state index in [1.165, 1.54) is 18.2 Å². The third kappa shape index (κ3) is 4.68. The third-order valence-corrected chi connectivity index (χ3v) is 3.95. The number of hydrogen-bond donors (Lipinski definition) is 2. The van der Waals surface area contributed by atoms with Crippen molar-refractivity contribution in [3.63, 3.8) is 0 Å². The van der Waals surface area contributed by atoms with Gasteiger partial charge in [0.25, 0.3) is 5.69 Å². The van der Waals surface area contributed by atoms with E-state index in [4.69, 9.17) is 0 Å². The van der Waals surface area contributed by atoms with E-state index in [-0.39, 0.29) is 23.6 Å². The van der Waals surface area contributed by atoms with E-state index in [9.17, 15) is 19.7 Å². The summed E-state index contributed by atoms with van der Waals surface area (Å²) >= 11 is 0. The van der Waals surface area contributed by atoms with Gasteiger partial charge >= 0.3 is 6.03 Å². The van der Waals surface area contributed by atoms with Crippen molar-refractivity contribution in [3.05, 3.63) is 34.4 Å². The summed E-state index contributed by atoms with van der Waals surface area (Å²) in [5.41, 5.74) is 0.294. The van der Waals surface area contributed by atoms with Crippen LogP contribution in [-0.2, 0) is 4.79 Å². The van der Waals surface area contributed by atoms with Crippen molar-refractivity contribution in [2.24, 2.45) is 5.92 Å². The molecule has 8 nitrogen and oxygen atoms in total. The molecule has 1 fully saturated rings. The number of nitro benzene ring substituents is 1. The largest absolute Gasteiger partial charge is 0.342 e. The van der Waals surface area contributed by atoms with Crippen LogP contribution >= 0.6 is 0 Å². The summed E-state index contributed by atoms with van der Waals surface area (Å²) in [4.78, 5) is 36.0. The fourth-order valence-electron chi connectivity index (χ4n) is 2.66. The summed E-state index contributed by atoms with van der Waals surface area (Å²) in [5.74, 6) is 0.112. The molecule has 130 valence electrons. The molecule has 0 aromatic heterocycles. The van der Waals surface area contributed by atoms with Gasteiger partial charge in [0.2, 0.25) is 5.91 Å². The Bertz CT molecular complexity index is 624. The van der Waals surface area contributed by atoms with Crippen LogP contribution in [0, 0.1) is 16.0 Å². The molecule has 0 atom stereocenters. The van der Waals surface area contributed by atoms with Gasteiger partial charge in [0, 0.05) is 42.9 Å². The van der Waals surface area contributed by atoms with Crippen LogP contribution in [0.2, 0.25) is 0 Å². The predicted octanol–water partition coefficient (Wildman–Crippen LogP) is 2.36. The third-order valence-electron chi connectivity index (χ3n) is 3.95. The Morgan fingerprint density at radius 2 is 1.96 bits per heavy atom. The summed E-state index contributed by atoms with van der Waals surface area (Å²) in [6.45, 7) is 5.00. The first-order valence-corrected chi connectivity index (χ1v) is 7.97. The van der Waals surface area contributed by atoms with Gasteiger partial charge in [-0.3, -0.25) is 14.9 Å². The molecule has 8 heteroatoms. The predicted molar refractivity (Wildman–Crippen MR) is 89.7 cm³/mol. The number of carbonyl (C=O) groups excluding carboxylic acids is 2. The molecule has 1 heterocycles. The highest BCUT2D eigenvalue weighted by molar-refractivity contribution is 5.89. The number of anilines is 1. The van der Waals surface area contributed by atoms with Crippen molar-refractivity contribution in [2.45, 2.75) is 32.7 Å². The smallest absolute Gasteiger partial charge is 0.319 e. The highest BCUT2D eigenvalue weighted by atomic mass is 16.6. The molecule has 1 aliphatic rings. The second kappa shape index (κ2) is 7.76. The molecule has 1 aromatic rings. The molecule has 2 N–H and O–H groups in total. The molecule has 0 unspecified atom stereocenters. The number of benzene rings is 1. The molecular formula is C16H22N4O4. The Labute approximate surface area is 140 Å². The Morgan fingerprint density at radius 1 is 1.29 bits per heavy atom. The number of amides is 3. The van der Waals surface area contributed by atoms with E-state index >= 15 is 0 Å². The van der Waals surface area contributed by atoms with E-state index in [2.05, 4.69) is 10.6 Å². The lowest BCUT2D eigenvalue weighted by atomic mass is 10.0. The van der Waals surface area contributed by atoms with Gasteiger partial charge in [-0.15, -0.1) is 0 Å². The minimum absolute atomic E-state index is 0.0140. The molecule has 0 aliphatic carbocycles. The van der Waals surface area contributed by atoms with Crippen LogP contribution in [-0.4, -0.2) is 40.9 Å². The van der Waals surface area contributed by atoms with Gasteiger partial charge in [0.15, 0.2) is 0 Å². The fourth-order valence-corrected chi connectivity index (χ4v) is 2.66. The number of rotatable bonds is 4. The van der Waals surface area contributed by atoms with Gasteiger partial charge in [-0.25, -0.2) is 4.79 Å². The molecule has 0 bridgehead atoms. The maximum atomic E-state index is 12.0. The van der Waals surface area contributed by atoms with Crippen molar-refractivity contribution in [1.82, 2.24) is 10.2 Å². The maximum Gasteiger partial charge on any atom is 0.319 e. The minimum atomic E-state index is -0.509. The molecule has 0 spiro atoms. The Hall–Kier alpha value is -2.64. The van der Waals surface area contributed by atoms with Crippen LogP contribution in [0.1, 0.15) is 26.7 Å². The van der Waals surface area contributed by atoms with Gasteiger partial charge in [0.05, 0.1) is 4.92 Å². The molecule has 1 aromatic carbocycles. The number of nitrogens with zero attached hydrogens (tertiary/aromatic N) is 2. The van der Waals surface area contributed by atoms with E-state index in [1.54, 1.807) is 6.07 Å². The molecular weight excluding hydrogens is 312 g/mol. The molecule has 2 rings (SSSR count). The zero-order valence-corrected chi connectivity index (χ0v) is 13.8. The molecule has 1 saturated heterocycles. The standard InChI is InChI=1S/C16H22N4O4/c1-11(2)15(21)19-8-6-12(7-9-19)17-16(22)18-13-4-3-5-14(10-13)20(23)24/h3-5,10-12H,6-9H2,1-2H3,(H2,17,18,22). The lowest BCUT2D eigenvalue weighted by Gasteiger charge is -2.33. The Balaban J connectivity index is 1.83. The zero-order valence-electron chi connectivity index (χ0n) is 13.8. The SMILES string of the molecule is CC(C)C(=O)N1CCC(NC(=O)Nc2cccc([N+](=O)[O-])c2)CC1. The quantitative estimate of drug-likeness (QED) is 0.651. The number of urea groups is 1. The summed E-state index contributed by atoms with van der Waals surface area (Å²) < 4.78 is 0. The number of carbonyl (C=O) groups is 2. The van der Waals surface area contributed by atoms with E-state index < -0.39 is 11.0 Å². The molecule has 0 radical (unpaired) electrons. The van der Waals surface area contributed by atoms with Crippen LogP contribution in [0.15, 0.2) is 24.3 Å². The minimum Gasteiger partial charge on any atom is -0.342 e. The molecule has 0 saturated carbocycles. The number of piperidine rings is 1. The van der Waals surface area contributed by atoms with Gasteiger partial charge in [-0.1, -0.05) is 19.9 Å². The topological polar surface area (TPSA) is 105 Å². The summed E-state index contributed by atoms with van der Waals surface area (Å²) in [7, 11) is 0. The Morgan fingerprint density at radius 3 is 2.54 bits per heavy atom. The van der Waals surface area contributed by atoms with Crippen LogP contribution in [0.5, 0.6) is 0 Å². The van der Waals surface area contributed by atoms with E-state index in [0.717, 1.165) is 0 Å². The molecule has 3 amide bonds. The number of non-ortho nitro benzene ring substituents is 1. The van der Waals surface area contributed by atoms with Crippen molar-refractivity contribution in [3.8, 4) is 0 Å². The lowest BCUT2D eigenvalue weighted by Crippen LogP contribution is -2.48. The fraction of sp³-hybridized carbons (Fsp3) is 0.500. The second-order valence-electron chi connectivity index (χ2n) is 6.16. The number of nitrogens with one attached hydrogen (secondary N) is 2. The van der Waals surface area contributed by atoms with Crippen LogP contribution in [0.25, 0.3) is 0 Å². The number of nitro groups is 1. The summed E-state index contributed by atoms with van der Waals surface area (Å²) in [6.07, 6.45) is 1.39. The number of hydrogen-bond acceptors (Lipinski definition) is 4. The van der Waals surface area contributed by atoms with Crippen molar-refractivity contribution >= 4 is 23.3 Å². The van der Waals surface area contributed by atoms with Crippen molar-refractivity contribution < 1.29 is 14.5 Å². The van der Waals surface area contributed by atoms with Gasteiger partial charge < -0.3 is 15.5 Å². The van der Waals surface area contributed by atoms with Crippen molar-refractivity contribution in [1.29, 1.82) is 0 Å². The number of likely N-dealkylation sites (tertiary alicyclic amines) is 1. The average Bonchev–Trinajstić information content (AvgIpc) is 2.55. The monoisotopic (exact) mass is 334 g/mol. The zero-order chi connectivity index (χ0) is 17.7. The van der Waals surface area contributed by atoms with Crippen LogP contribution in [0.3, 0.4) is 0 Å². The van der Waals surface area contributed by atoms with E-state index in [0.29, 0.717) is 31.6 Å². The van der Waals surface area contributed by atoms with Gasteiger partial charge in [-0.2, -0.15) is 0 Å². The normalized spacial score (nSPS) is 15.2. The Kier molecular flexibility index (Phi) is 5.73. The average molecular weight is 334 g/mol. The first kappa shape index (κ1) is 17.7. The van der Waals surface area contributed by atoms with Crippen molar-refractivity contribution in [2.75, 3.05) is 18.4 Å². The van der Waals surface area contributed by atoms with Gasteiger partial charge in [-0.05, 0) is 18.9 Å². The van der Waals surface area contributed by atoms with E-state index in [1.807, 2.05) is 18.7 Å². The first-order chi connectivity index (χ1) is 11.4. The first-order valence-electron chi connectivity index (χ1n) is 7.97. The lowest BCUT2D eigenvalue weighted by molar-refractivity contribution is -0.384. The van der Waals surface area contributed by atoms with Gasteiger partial charge in [0.1, 0.15) is 0 Å². The second-order valence-corrected chi connectivity index (χ2v) is 6.16.